The first-order valence-corrected chi connectivity index (χ1v) is 8.14. The molecule has 3 heteroatoms. The third-order valence-electron chi connectivity index (χ3n) is 2.60. The van der Waals surface area contributed by atoms with E-state index < -0.39 is 0 Å². The van der Waals surface area contributed by atoms with Crippen LogP contribution in [0.2, 0.25) is 5.28 Å². The van der Waals surface area contributed by atoms with Gasteiger partial charge in [0.1, 0.15) is 0 Å². The van der Waals surface area contributed by atoms with E-state index in [4.69, 9.17) is 4.99 Å². The Morgan fingerprint density at radius 3 is 2.33 bits per heavy atom. The van der Waals surface area contributed by atoms with Crippen molar-refractivity contribution in [3.05, 3.63) is 35.7 Å². The van der Waals surface area contributed by atoms with Gasteiger partial charge in [-0.25, -0.2) is 0 Å². The van der Waals surface area contributed by atoms with E-state index in [0.29, 0.717) is 27.5 Å². The van der Waals surface area contributed by atoms with Crippen molar-refractivity contribution in [2.75, 3.05) is 3.88 Å². The fourth-order valence-electron chi connectivity index (χ4n) is 1.92. The summed E-state index contributed by atoms with van der Waals surface area (Å²) in [6.07, 6.45) is 0. The van der Waals surface area contributed by atoms with Gasteiger partial charge in [-0.1, -0.05) is 0 Å². The van der Waals surface area contributed by atoms with Gasteiger partial charge in [-0.3, -0.25) is 0 Å². The molecule has 1 aromatic carbocycles. The molecule has 0 aromatic heterocycles. The fraction of sp³-hybridized carbons (Fsp3) is 0.533. The van der Waals surface area contributed by atoms with Crippen LogP contribution in [0.4, 0.5) is 5.69 Å². The molecular formula is C15H24AlN2+. The van der Waals surface area contributed by atoms with Crippen LogP contribution in [0.5, 0.6) is 0 Å². The minimum atomic E-state index is 0.296. The molecule has 0 unspecified atom stereocenters. The molecule has 0 saturated heterocycles. The van der Waals surface area contributed by atoms with E-state index in [1.54, 1.807) is 0 Å². The molecule has 2 nitrogen and oxygen atoms in total. The molecule has 96 valence electrons. The van der Waals surface area contributed by atoms with Gasteiger partial charge in [0.25, 0.3) is 0 Å². The number of rotatable bonds is 5. The van der Waals surface area contributed by atoms with E-state index in [1.807, 2.05) is 0 Å². The molecule has 1 aromatic rings. The Morgan fingerprint density at radius 1 is 1.11 bits per heavy atom. The van der Waals surface area contributed by atoms with E-state index in [9.17, 15) is 0 Å². The summed E-state index contributed by atoms with van der Waals surface area (Å²) in [6.45, 7) is 11.0. The van der Waals surface area contributed by atoms with Crippen LogP contribution in [0.15, 0.2) is 35.3 Å². The van der Waals surface area contributed by atoms with E-state index in [2.05, 4.69) is 68.8 Å². The zero-order chi connectivity index (χ0) is 13.5. The molecule has 0 saturated carbocycles. The zero-order valence-corrected chi connectivity index (χ0v) is 13.4. The summed E-state index contributed by atoms with van der Waals surface area (Å²) in [5.41, 5.74) is 1.28. The van der Waals surface area contributed by atoms with Crippen molar-refractivity contribution < 1.29 is 0 Å². The first kappa shape index (κ1) is 15.3. The van der Waals surface area contributed by atoms with Crippen LogP contribution in [0.25, 0.3) is 0 Å². The number of hydrogen-bond donors (Lipinski definition) is 0. The average Bonchev–Trinajstić information content (AvgIpc) is 2.50. The van der Waals surface area contributed by atoms with E-state index in [0.717, 1.165) is 5.36 Å². The quantitative estimate of drug-likeness (QED) is 0.741. The molecule has 0 atom stereocenters. The first-order valence-electron chi connectivity index (χ1n) is 6.81. The molecule has 0 aliphatic heterocycles. The van der Waals surface area contributed by atoms with Crippen molar-refractivity contribution >= 4 is 21.1 Å². The van der Waals surface area contributed by atoms with Gasteiger partial charge in [0.05, 0.1) is 0 Å². The summed E-state index contributed by atoms with van der Waals surface area (Å²) in [5.74, 6) is 0. The van der Waals surface area contributed by atoms with Crippen molar-refractivity contribution in [1.29, 1.82) is 0 Å². The molecule has 0 fully saturated rings. The Kier molecular flexibility index (Phi) is 6.46. The van der Waals surface area contributed by atoms with Crippen molar-refractivity contribution in [2.24, 2.45) is 4.99 Å². The number of hydrogen-bond acceptors (Lipinski definition) is 2. The van der Waals surface area contributed by atoms with E-state index >= 15 is 0 Å². The van der Waals surface area contributed by atoms with Crippen molar-refractivity contribution in [3.63, 3.8) is 0 Å². The molecule has 0 radical (unpaired) electrons. The summed E-state index contributed by atoms with van der Waals surface area (Å²) in [4.78, 5) is 4.76. The Labute approximate surface area is 118 Å². The monoisotopic (exact) mass is 259 g/mol. The predicted octanol–water partition coefficient (Wildman–Crippen LogP) is 3.27. The van der Waals surface area contributed by atoms with Crippen LogP contribution in [-0.2, 0) is 0 Å². The molecule has 0 heterocycles. The van der Waals surface area contributed by atoms with Gasteiger partial charge in [0.2, 0.25) is 0 Å². The van der Waals surface area contributed by atoms with E-state index in [-0.39, 0.29) is 0 Å². The van der Waals surface area contributed by atoms with Crippen LogP contribution in [0, 0.1) is 0 Å². The van der Waals surface area contributed by atoms with Gasteiger partial charge in [0.15, 0.2) is 0 Å². The molecule has 0 aliphatic carbocycles. The summed E-state index contributed by atoms with van der Waals surface area (Å²) < 4.78 is 2.52. The van der Waals surface area contributed by atoms with Gasteiger partial charge >= 0.3 is 118 Å². The van der Waals surface area contributed by atoms with Crippen LogP contribution in [-0.4, -0.2) is 27.5 Å². The molecule has 0 N–H and O–H groups in total. The molecule has 1 rings (SSSR count). The molecule has 0 spiro atoms. The summed E-state index contributed by atoms with van der Waals surface area (Å²) in [5, 5.41) is 2.35. The molecule has 18 heavy (non-hydrogen) atoms. The topological polar surface area (TPSA) is 15.6 Å². The van der Waals surface area contributed by atoms with Crippen LogP contribution < -0.4 is 9.24 Å². The van der Waals surface area contributed by atoms with Crippen LogP contribution in [0.3, 0.4) is 0 Å². The summed E-state index contributed by atoms with van der Waals surface area (Å²) in [6, 6.07) is 11.4. The van der Waals surface area contributed by atoms with Gasteiger partial charge in [-0.15, -0.1) is 0 Å². The molecule has 0 bridgehead atoms. The van der Waals surface area contributed by atoms with Gasteiger partial charge in [0, 0.05) is 0 Å². The Bertz CT molecular complexity index is 427. The van der Waals surface area contributed by atoms with Crippen molar-refractivity contribution in [2.45, 2.75) is 52.0 Å². The molecule has 0 amide bonds. The van der Waals surface area contributed by atoms with Crippen molar-refractivity contribution in [3.8, 4) is 0 Å². The Hall–Kier alpha value is -0.778. The number of nitrogens with zero attached hydrogens (tertiary/aromatic N) is 2. The van der Waals surface area contributed by atoms with E-state index in [1.165, 1.54) is 11.0 Å². The standard InChI is InChI=1S/C13H19N2.C2H5.Al/c1-10(2)14-12-8-6-5-7-9-13(12)15-11(3)4;1-2;/h5-11H,1-4H3;1H2,2H3;/q-1;;+2. The van der Waals surface area contributed by atoms with Crippen molar-refractivity contribution in [1.82, 2.24) is 0 Å². The second-order valence-electron chi connectivity index (χ2n) is 5.00. The predicted molar refractivity (Wildman–Crippen MR) is 81.0 cm³/mol. The summed E-state index contributed by atoms with van der Waals surface area (Å²) >= 11 is 0.296. The fourth-order valence-corrected chi connectivity index (χ4v) is 3.15. The summed E-state index contributed by atoms with van der Waals surface area (Å²) in [7, 11) is 0. The third-order valence-corrected chi connectivity index (χ3v) is 4.24. The molecule has 0 aliphatic rings. The average molecular weight is 259 g/mol. The third kappa shape index (κ3) is 4.48. The van der Waals surface area contributed by atoms with Gasteiger partial charge in [-0.2, -0.15) is 0 Å². The van der Waals surface area contributed by atoms with Crippen LogP contribution >= 0.6 is 0 Å². The second-order valence-corrected chi connectivity index (χ2v) is 6.73. The minimum absolute atomic E-state index is 0.296. The van der Waals surface area contributed by atoms with Gasteiger partial charge < -0.3 is 0 Å². The van der Waals surface area contributed by atoms with Crippen LogP contribution in [0.1, 0.15) is 34.6 Å². The normalized spacial score (nSPS) is 11.8. The second kappa shape index (κ2) is 7.61. The number of anilines is 1. The molecular weight excluding hydrogens is 235 g/mol. The Morgan fingerprint density at radius 2 is 1.78 bits per heavy atom. The Balaban J connectivity index is 3.33. The van der Waals surface area contributed by atoms with Gasteiger partial charge in [-0.05, 0) is 0 Å². The maximum atomic E-state index is 4.76. The maximum absolute atomic E-state index is 4.76. The first-order chi connectivity index (χ1) is 8.56. The SMILES string of the molecule is C[CH2][Al+][N](c1cccccc1=NC(C)C)C(C)C. The zero-order valence-electron chi connectivity index (χ0n) is 12.2.